The van der Waals surface area contributed by atoms with Crippen molar-refractivity contribution in [1.29, 1.82) is 0 Å². The molecule has 4 aromatic rings. The van der Waals surface area contributed by atoms with E-state index in [-0.39, 0.29) is 11.5 Å². The Morgan fingerprint density at radius 3 is 2.81 bits per heavy atom. The maximum Gasteiger partial charge on any atom is 0.265 e. The third-order valence-corrected chi connectivity index (χ3v) is 4.68. The third kappa shape index (κ3) is 3.10. The minimum absolute atomic E-state index is 0.232. The largest absolute Gasteiger partial charge is 0.298 e. The van der Waals surface area contributed by atoms with Crippen LogP contribution in [0.1, 0.15) is 10.4 Å². The van der Waals surface area contributed by atoms with Gasteiger partial charge in [0.05, 0.1) is 16.6 Å². The van der Waals surface area contributed by atoms with E-state index in [0.717, 1.165) is 0 Å². The molecule has 2 aromatic heterocycles. The Balaban J connectivity index is 1.73. The highest BCUT2D eigenvalue weighted by atomic mass is 35.5. The average Bonchev–Trinajstić information content (AvgIpc) is 3.14. The number of rotatable bonds is 3. The van der Waals surface area contributed by atoms with Crippen molar-refractivity contribution >= 4 is 44.9 Å². The van der Waals surface area contributed by atoms with Crippen LogP contribution in [0, 0.1) is 0 Å². The molecule has 1 amide bonds. The lowest BCUT2D eigenvalue weighted by molar-refractivity contribution is 0.102. The van der Waals surface area contributed by atoms with Crippen LogP contribution >= 0.6 is 22.9 Å². The Morgan fingerprint density at radius 2 is 2.04 bits per heavy atom. The van der Waals surface area contributed by atoms with Gasteiger partial charge in [0.15, 0.2) is 5.13 Å². The lowest BCUT2D eigenvalue weighted by Crippen LogP contribution is -2.19. The maximum absolute atomic E-state index is 12.7. The van der Waals surface area contributed by atoms with E-state index in [1.54, 1.807) is 54.0 Å². The van der Waals surface area contributed by atoms with Gasteiger partial charge in [0, 0.05) is 22.2 Å². The summed E-state index contributed by atoms with van der Waals surface area (Å²) in [6.07, 6.45) is 3.04. The summed E-state index contributed by atoms with van der Waals surface area (Å²) in [5.74, 6) is -0.303. The first-order chi connectivity index (χ1) is 12.6. The van der Waals surface area contributed by atoms with Gasteiger partial charge in [-0.15, -0.1) is 11.3 Å². The Kier molecular flexibility index (Phi) is 4.24. The summed E-state index contributed by atoms with van der Waals surface area (Å²) in [5.41, 5.74) is 1.24. The van der Waals surface area contributed by atoms with Gasteiger partial charge in [0.25, 0.3) is 11.5 Å². The second-order valence-electron chi connectivity index (χ2n) is 5.42. The van der Waals surface area contributed by atoms with Crippen LogP contribution < -0.4 is 10.9 Å². The number of amides is 1. The van der Waals surface area contributed by atoms with Crippen molar-refractivity contribution in [3.05, 3.63) is 81.3 Å². The third-order valence-electron chi connectivity index (χ3n) is 3.76. The van der Waals surface area contributed by atoms with Crippen molar-refractivity contribution in [2.45, 2.75) is 0 Å². The fourth-order valence-electron chi connectivity index (χ4n) is 2.53. The van der Waals surface area contributed by atoms with Gasteiger partial charge in [-0.1, -0.05) is 17.7 Å². The number of nitrogens with zero attached hydrogens (tertiary/aromatic N) is 3. The molecule has 0 fully saturated rings. The van der Waals surface area contributed by atoms with E-state index >= 15 is 0 Å². The highest BCUT2D eigenvalue weighted by molar-refractivity contribution is 7.13. The first-order valence-electron chi connectivity index (χ1n) is 7.60. The van der Waals surface area contributed by atoms with Gasteiger partial charge in [-0.3, -0.25) is 19.5 Å². The van der Waals surface area contributed by atoms with Crippen LogP contribution in [-0.2, 0) is 0 Å². The van der Waals surface area contributed by atoms with Gasteiger partial charge in [0.2, 0.25) is 0 Å². The Hall–Kier alpha value is -3.03. The van der Waals surface area contributed by atoms with E-state index in [1.807, 2.05) is 0 Å². The van der Waals surface area contributed by atoms with Crippen LogP contribution in [0.15, 0.2) is 65.2 Å². The van der Waals surface area contributed by atoms with Gasteiger partial charge in [0.1, 0.15) is 6.33 Å². The Labute approximate surface area is 156 Å². The number of hydrogen-bond donors (Lipinski definition) is 1. The molecule has 8 heteroatoms. The van der Waals surface area contributed by atoms with Gasteiger partial charge in [-0.25, -0.2) is 9.97 Å². The molecule has 0 aliphatic heterocycles. The van der Waals surface area contributed by atoms with Crippen molar-refractivity contribution in [2.75, 3.05) is 5.32 Å². The van der Waals surface area contributed by atoms with E-state index in [1.165, 1.54) is 22.2 Å². The van der Waals surface area contributed by atoms with Crippen LogP contribution in [0.25, 0.3) is 16.6 Å². The molecule has 0 saturated heterocycles. The second kappa shape index (κ2) is 6.70. The minimum Gasteiger partial charge on any atom is -0.298 e. The van der Waals surface area contributed by atoms with Crippen molar-refractivity contribution < 1.29 is 4.79 Å². The minimum atomic E-state index is -0.303. The van der Waals surface area contributed by atoms with E-state index in [2.05, 4.69) is 15.3 Å². The lowest BCUT2D eigenvalue weighted by Gasteiger charge is -2.08. The summed E-state index contributed by atoms with van der Waals surface area (Å²) in [6, 6.07) is 11.7. The lowest BCUT2D eigenvalue weighted by atomic mass is 10.1. The predicted molar refractivity (Wildman–Crippen MR) is 102 cm³/mol. The molecule has 0 saturated carbocycles. The zero-order valence-corrected chi connectivity index (χ0v) is 14.8. The quantitative estimate of drug-likeness (QED) is 0.585. The Morgan fingerprint density at radius 1 is 1.15 bits per heavy atom. The zero-order chi connectivity index (χ0) is 18.1. The molecule has 0 unspecified atom stereocenters. The van der Waals surface area contributed by atoms with Crippen molar-refractivity contribution in [2.24, 2.45) is 0 Å². The predicted octanol–water partition coefficient (Wildman–Crippen LogP) is 3.75. The van der Waals surface area contributed by atoms with Crippen LogP contribution in [0.5, 0.6) is 0 Å². The summed E-state index contributed by atoms with van der Waals surface area (Å²) in [6.45, 7) is 0. The number of nitrogens with one attached hydrogen (secondary N) is 1. The monoisotopic (exact) mass is 382 g/mol. The number of halogens is 1. The molecule has 0 aliphatic rings. The van der Waals surface area contributed by atoms with E-state index in [0.29, 0.717) is 32.3 Å². The SMILES string of the molecule is O=C(Nc1nccs1)c1ccc2c(=O)n(-c3cccc(Cl)c3)cnc2c1. The molecule has 128 valence electrons. The van der Waals surface area contributed by atoms with E-state index in [4.69, 9.17) is 11.6 Å². The highest BCUT2D eigenvalue weighted by Gasteiger charge is 2.11. The first kappa shape index (κ1) is 16.4. The summed E-state index contributed by atoms with van der Waals surface area (Å²) < 4.78 is 1.42. The molecule has 0 atom stereocenters. The summed E-state index contributed by atoms with van der Waals surface area (Å²) in [5, 5.41) is 5.94. The number of fused-ring (bicyclic) bond motifs is 1. The molecule has 0 radical (unpaired) electrons. The molecule has 2 aromatic carbocycles. The molecule has 6 nitrogen and oxygen atoms in total. The molecular weight excluding hydrogens is 372 g/mol. The molecule has 1 N–H and O–H groups in total. The maximum atomic E-state index is 12.7. The smallest absolute Gasteiger partial charge is 0.265 e. The first-order valence-corrected chi connectivity index (χ1v) is 8.86. The number of carbonyl (C=O) groups is 1. The fourth-order valence-corrected chi connectivity index (χ4v) is 3.24. The average molecular weight is 383 g/mol. The van der Waals surface area contributed by atoms with Gasteiger partial charge >= 0.3 is 0 Å². The Bertz CT molecular complexity index is 1170. The molecule has 0 bridgehead atoms. The van der Waals surface area contributed by atoms with Gasteiger partial charge in [-0.2, -0.15) is 0 Å². The number of benzene rings is 2. The molecule has 0 spiro atoms. The standard InChI is InChI=1S/C18H11ClN4O2S/c19-12-2-1-3-13(9-12)23-10-21-15-8-11(4-5-14(15)17(23)25)16(24)22-18-20-6-7-26-18/h1-10H,(H,20,22,24). The number of carbonyl (C=O) groups excluding carboxylic acids is 1. The molecule has 26 heavy (non-hydrogen) atoms. The van der Waals surface area contributed by atoms with E-state index < -0.39 is 0 Å². The number of aromatic nitrogens is 3. The summed E-state index contributed by atoms with van der Waals surface area (Å²) in [7, 11) is 0. The molecule has 2 heterocycles. The van der Waals surface area contributed by atoms with Crippen LogP contribution in [-0.4, -0.2) is 20.4 Å². The zero-order valence-electron chi connectivity index (χ0n) is 13.2. The van der Waals surface area contributed by atoms with Gasteiger partial charge in [-0.05, 0) is 36.4 Å². The normalized spacial score (nSPS) is 10.8. The van der Waals surface area contributed by atoms with Crippen molar-refractivity contribution in [1.82, 2.24) is 14.5 Å². The summed E-state index contributed by atoms with van der Waals surface area (Å²) in [4.78, 5) is 33.4. The van der Waals surface area contributed by atoms with Crippen LogP contribution in [0.3, 0.4) is 0 Å². The number of anilines is 1. The van der Waals surface area contributed by atoms with Crippen molar-refractivity contribution in [3.63, 3.8) is 0 Å². The van der Waals surface area contributed by atoms with Gasteiger partial charge < -0.3 is 0 Å². The summed E-state index contributed by atoms with van der Waals surface area (Å²) >= 11 is 7.32. The van der Waals surface area contributed by atoms with Crippen LogP contribution in [0.4, 0.5) is 5.13 Å². The molecule has 4 rings (SSSR count). The fraction of sp³-hybridized carbons (Fsp3) is 0. The highest BCUT2D eigenvalue weighted by Crippen LogP contribution is 2.17. The van der Waals surface area contributed by atoms with Crippen LogP contribution in [0.2, 0.25) is 5.02 Å². The molecule has 0 aliphatic carbocycles. The number of thiazole rings is 1. The second-order valence-corrected chi connectivity index (χ2v) is 6.75. The topological polar surface area (TPSA) is 76.9 Å². The number of hydrogen-bond acceptors (Lipinski definition) is 5. The van der Waals surface area contributed by atoms with E-state index in [9.17, 15) is 9.59 Å². The van der Waals surface area contributed by atoms with Crippen molar-refractivity contribution in [3.8, 4) is 5.69 Å². The molecular formula is C18H11ClN4O2S.